The lowest BCUT2D eigenvalue weighted by Gasteiger charge is -2.07. The lowest BCUT2D eigenvalue weighted by atomic mass is 10.1. The van der Waals surface area contributed by atoms with Crippen molar-refractivity contribution in [2.75, 3.05) is 0 Å². The zero-order valence-electron chi connectivity index (χ0n) is 13.1. The average Bonchev–Trinajstić information content (AvgIpc) is 2.62. The van der Waals surface area contributed by atoms with Crippen LogP contribution >= 0.6 is 11.8 Å². The summed E-state index contributed by atoms with van der Waals surface area (Å²) in [5.74, 6) is 1.63. The lowest BCUT2D eigenvalue weighted by Crippen LogP contribution is -2.14. The van der Waals surface area contributed by atoms with E-state index in [4.69, 9.17) is 0 Å². The van der Waals surface area contributed by atoms with E-state index in [1.54, 1.807) is 28.4 Å². The average molecular weight is 332 g/mol. The topological polar surface area (TPSA) is 34.4 Å². The summed E-state index contributed by atoms with van der Waals surface area (Å²) in [7, 11) is 0. The molecule has 0 aliphatic carbocycles. The van der Waals surface area contributed by atoms with Crippen molar-refractivity contribution in [3.8, 4) is 0 Å². The van der Waals surface area contributed by atoms with Gasteiger partial charge in [-0.25, -0.2) is 4.98 Å². The van der Waals surface area contributed by atoms with Gasteiger partial charge in [0.2, 0.25) is 0 Å². The first-order valence-corrected chi connectivity index (χ1v) is 8.98. The second kappa shape index (κ2) is 6.49. The van der Waals surface area contributed by atoms with E-state index >= 15 is 0 Å². The number of nitrogens with zero attached hydrogens (tertiary/aromatic N) is 2. The number of rotatable bonds is 4. The first-order valence-electron chi connectivity index (χ1n) is 7.83. The minimum absolute atomic E-state index is 0.0265. The quantitative estimate of drug-likeness (QED) is 0.559. The maximum atomic E-state index is 12.1. The highest BCUT2D eigenvalue weighted by Crippen LogP contribution is 2.24. The van der Waals surface area contributed by atoms with Gasteiger partial charge < -0.3 is 0 Å². The van der Waals surface area contributed by atoms with Gasteiger partial charge in [0, 0.05) is 23.8 Å². The summed E-state index contributed by atoms with van der Waals surface area (Å²) in [6.45, 7) is 0. The molecule has 2 aromatic carbocycles. The molecule has 24 heavy (non-hydrogen) atoms. The molecule has 118 valence electrons. The number of fused-ring (bicyclic) bond motifs is 2. The van der Waals surface area contributed by atoms with Gasteiger partial charge in [0.1, 0.15) is 5.65 Å². The van der Waals surface area contributed by atoms with E-state index in [0.717, 1.165) is 17.2 Å². The molecular weight excluding hydrogens is 316 g/mol. The van der Waals surface area contributed by atoms with Crippen molar-refractivity contribution in [1.29, 1.82) is 0 Å². The van der Waals surface area contributed by atoms with E-state index in [-0.39, 0.29) is 5.56 Å². The molecule has 2 aromatic heterocycles. The summed E-state index contributed by atoms with van der Waals surface area (Å²) in [5.41, 5.74) is 2.82. The third-order valence-electron chi connectivity index (χ3n) is 4.01. The zero-order valence-corrected chi connectivity index (χ0v) is 13.9. The molecule has 4 aromatic rings. The van der Waals surface area contributed by atoms with Crippen LogP contribution in [0, 0.1) is 0 Å². The van der Waals surface area contributed by atoms with Gasteiger partial charge in [0.05, 0.1) is 5.69 Å². The van der Waals surface area contributed by atoms with Gasteiger partial charge in [0.25, 0.3) is 5.56 Å². The fraction of sp³-hybridized carbons (Fsp3) is 0.100. The first kappa shape index (κ1) is 15.0. The molecule has 4 heteroatoms. The molecule has 3 nitrogen and oxygen atoms in total. The molecule has 0 saturated carbocycles. The monoisotopic (exact) mass is 332 g/mol. The van der Waals surface area contributed by atoms with E-state index in [1.165, 1.54) is 16.3 Å². The lowest BCUT2D eigenvalue weighted by molar-refractivity contribution is 1.01. The Bertz CT molecular complexity index is 1070. The smallest absolute Gasteiger partial charge is 0.258 e. The summed E-state index contributed by atoms with van der Waals surface area (Å²) in [5, 5.41) is 2.55. The van der Waals surface area contributed by atoms with Gasteiger partial charge in [-0.05, 0) is 28.5 Å². The Balaban J connectivity index is 1.54. The third kappa shape index (κ3) is 2.93. The maximum absolute atomic E-state index is 12.1. The van der Waals surface area contributed by atoms with Crippen molar-refractivity contribution < 1.29 is 0 Å². The number of hydrogen-bond donors (Lipinski definition) is 0. The molecular formula is C20H16N2OS. The molecule has 4 rings (SSSR count). The Morgan fingerprint density at radius 3 is 2.71 bits per heavy atom. The fourth-order valence-electron chi connectivity index (χ4n) is 2.86. The van der Waals surface area contributed by atoms with E-state index < -0.39 is 0 Å². The SMILES string of the molecule is O=c1cc(CSCc2cccc3ccccc23)nc2ccccn12. The Kier molecular flexibility index (Phi) is 4.05. The highest BCUT2D eigenvalue weighted by atomic mass is 32.2. The van der Waals surface area contributed by atoms with Gasteiger partial charge in [-0.15, -0.1) is 0 Å². The Morgan fingerprint density at radius 2 is 1.75 bits per heavy atom. The first-order chi connectivity index (χ1) is 11.8. The number of aromatic nitrogens is 2. The zero-order chi connectivity index (χ0) is 16.4. The van der Waals surface area contributed by atoms with Crippen LogP contribution in [0.15, 0.2) is 77.7 Å². The van der Waals surface area contributed by atoms with Crippen molar-refractivity contribution in [3.63, 3.8) is 0 Å². The van der Waals surface area contributed by atoms with Gasteiger partial charge in [-0.1, -0.05) is 48.5 Å². The number of benzene rings is 2. The maximum Gasteiger partial charge on any atom is 0.258 e. The van der Waals surface area contributed by atoms with Crippen LogP contribution in [-0.4, -0.2) is 9.38 Å². The van der Waals surface area contributed by atoms with Gasteiger partial charge in [0.15, 0.2) is 0 Å². The second-order valence-corrected chi connectivity index (χ2v) is 6.63. The molecule has 0 N–H and O–H groups in total. The van der Waals surface area contributed by atoms with Crippen LogP contribution in [0.2, 0.25) is 0 Å². The van der Waals surface area contributed by atoms with Crippen molar-refractivity contribution in [2.45, 2.75) is 11.5 Å². The van der Waals surface area contributed by atoms with E-state index in [0.29, 0.717) is 5.65 Å². The summed E-state index contributed by atoms with van der Waals surface area (Å²) in [6, 6.07) is 22.0. The van der Waals surface area contributed by atoms with Gasteiger partial charge in [-0.3, -0.25) is 9.20 Å². The summed E-state index contributed by atoms with van der Waals surface area (Å²) in [6.07, 6.45) is 1.75. The van der Waals surface area contributed by atoms with Crippen LogP contribution < -0.4 is 5.56 Å². The Labute approximate surface area is 144 Å². The summed E-state index contributed by atoms with van der Waals surface area (Å²) in [4.78, 5) is 16.7. The van der Waals surface area contributed by atoms with E-state index in [2.05, 4.69) is 47.4 Å². The molecule has 0 atom stereocenters. The molecule has 2 heterocycles. The molecule has 0 unspecified atom stereocenters. The standard InChI is InChI=1S/C20H16N2OS/c23-20-12-17(21-19-10-3-4-11-22(19)20)14-24-13-16-8-5-7-15-6-1-2-9-18(15)16/h1-12H,13-14H2. The minimum atomic E-state index is -0.0265. The Hall–Kier alpha value is -2.59. The van der Waals surface area contributed by atoms with Crippen molar-refractivity contribution in [3.05, 3.63) is 94.5 Å². The molecule has 0 aliphatic heterocycles. The molecule has 0 amide bonds. The largest absolute Gasteiger partial charge is 0.269 e. The van der Waals surface area contributed by atoms with Crippen LogP contribution in [-0.2, 0) is 11.5 Å². The van der Waals surface area contributed by atoms with E-state index in [9.17, 15) is 4.79 Å². The van der Waals surface area contributed by atoms with Crippen molar-refractivity contribution in [2.24, 2.45) is 0 Å². The summed E-state index contributed by atoms with van der Waals surface area (Å²) < 4.78 is 1.57. The van der Waals surface area contributed by atoms with Crippen LogP contribution in [0.25, 0.3) is 16.4 Å². The van der Waals surface area contributed by atoms with Crippen LogP contribution in [0.1, 0.15) is 11.3 Å². The predicted molar refractivity (Wildman–Crippen MR) is 100 cm³/mol. The molecule has 0 aliphatic rings. The minimum Gasteiger partial charge on any atom is -0.269 e. The highest BCUT2D eigenvalue weighted by molar-refractivity contribution is 7.97. The molecule has 0 spiro atoms. The predicted octanol–water partition coefficient (Wildman–Crippen LogP) is 4.28. The summed E-state index contributed by atoms with van der Waals surface area (Å²) >= 11 is 1.78. The van der Waals surface area contributed by atoms with Crippen LogP contribution in [0.3, 0.4) is 0 Å². The van der Waals surface area contributed by atoms with Gasteiger partial charge in [-0.2, -0.15) is 11.8 Å². The molecule has 0 saturated heterocycles. The van der Waals surface area contributed by atoms with Gasteiger partial charge >= 0.3 is 0 Å². The van der Waals surface area contributed by atoms with Crippen molar-refractivity contribution in [1.82, 2.24) is 9.38 Å². The van der Waals surface area contributed by atoms with E-state index in [1.807, 2.05) is 18.2 Å². The molecule has 0 fully saturated rings. The number of thioether (sulfide) groups is 1. The highest BCUT2D eigenvalue weighted by Gasteiger charge is 2.04. The third-order valence-corrected chi connectivity index (χ3v) is 5.03. The second-order valence-electron chi connectivity index (χ2n) is 5.65. The molecule has 0 bridgehead atoms. The van der Waals surface area contributed by atoms with Crippen LogP contribution in [0.5, 0.6) is 0 Å². The van der Waals surface area contributed by atoms with Crippen molar-refractivity contribution >= 4 is 28.2 Å². The Morgan fingerprint density at radius 1 is 0.917 bits per heavy atom. The fourth-order valence-corrected chi connectivity index (χ4v) is 3.79. The van der Waals surface area contributed by atoms with Crippen LogP contribution in [0.4, 0.5) is 0 Å². The normalized spacial score (nSPS) is 11.2. The number of hydrogen-bond acceptors (Lipinski definition) is 3. The molecule has 0 radical (unpaired) electrons. The number of pyridine rings is 1.